The molecule has 3 heterocycles. The van der Waals surface area contributed by atoms with Gasteiger partial charge >= 0.3 is 6.09 Å². The van der Waals surface area contributed by atoms with Gasteiger partial charge in [-0.05, 0) is 81.0 Å². The van der Waals surface area contributed by atoms with Gasteiger partial charge in [-0.25, -0.2) is 13.6 Å². The van der Waals surface area contributed by atoms with Crippen molar-refractivity contribution in [2.75, 3.05) is 32.8 Å². The van der Waals surface area contributed by atoms with Crippen LogP contribution < -0.4 is 10.1 Å². The zero-order valence-electron chi connectivity index (χ0n) is 27.4. The van der Waals surface area contributed by atoms with Gasteiger partial charge in [0.1, 0.15) is 17.4 Å². The van der Waals surface area contributed by atoms with Crippen molar-refractivity contribution in [2.45, 2.75) is 97.8 Å². The Kier molecular flexibility index (Phi) is 10.6. The van der Waals surface area contributed by atoms with E-state index in [1.165, 1.54) is 4.90 Å². The number of fused-ring (bicyclic) bond motifs is 1. The molecule has 0 radical (unpaired) electrons. The molecular weight excluding hydrogens is 584 g/mol. The van der Waals surface area contributed by atoms with E-state index in [0.29, 0.717) is 37.3 Å². The van der Waals surface area contributed by atoms with E-state index in [1.54, 1.807) is 25.7 Å². The summed E-state index contributed by atoms with van der Waals surface area (Å²) in [6.07, 6.45) is 1.76. The molecule has 2 fully saturated rings. The molecule has 2 saturated heterocycles. The van der Waals surface area contributed by atoms with Crippen LogP contribution in [-0.4, -0.2) is 88.9 Å². The molecule has 2 atom stereocenters. The molecule has 1 N–H and O–H groups in total. The fourth-order valence-electron chi connectivity index (χ4n) is 6.12. The van der Waals surface area contributed by atoms with E-state index in [1.807, 2.05) is 32.0 Å². The number of likely N-dealkylation sites (tertiary alicyclic amines) is 2. The lowest BCUT2D eigenvalue weighted by molar-refractivity contribution is -0.138. The highest BCUT2D eigenvalue weighted by Crippen LogP contribution is 2.33. The van der Waals surface area contributed by atoms with Crippen molar-refractivity contribution in [3.05, 3.63) is 34.7 Å². The Bertz CT molecular complexity index is 1260. The molecule has 3 aliphatic rings. The number of nitrogens with one attached hydrogen (secondary N) is 1. The molecule has 10 nitrogen and oxygen atoms in total. The average molecular weight is 633 g/mol. The number of hydrogen-bond donors (Lipinski definition) is 1. The van der Waals surface area contributed by atoms with Gasteiger partial charge in [0.2, 0.25) is 11.9 Å². The van der Waals surface area contributed by atoms with Gasteiger partial charge in [-0.3, -0.25) is 14.5 Å². The Morgan fingerprint density at radius 2 is 1.76 bits per heavy atom. The second-order valence-corrected chi connectivity index (χ2v) is 14.0. The maximum absolute atomic E-state index is 13.9. The van der Waals surface area contributed by atoms with E-state index in [-0.39, 0.29) is 43.7 Å². The molecule has 250 valence electrons. The highest BCUT2D eigenvalue weighted by atomic mass is 19.3. The summed E-state index contributed by atoms with van der Waals surface area (Å²) in [4.78, 5) is 43.3. The van der Waals surface area contributed by atoms with Gasteiger partial charge in [0.25, 0.3) is 5.92 Å². The van der Waals surface area contributed by atoms with Crippen LogP contribution in [0, 0.1) is 17.8 Å². The minimum atomic E-state index is -2.92. The zero-order valence-corrected chi connectivity index (χ0v) is 27.4. The highest BCUT2D eigenvalue weighted by molar-refractivity contribution is 6.00. The quantitative estimate of drug-likeness (QED) is 0.308. The second kappa shape index (κ2) is 13.9. The second-order valence-electron chi connectivity index (χ2n) is 14.0. The number of nitrogens with zero attached hydrogens (tertiary/aromatic N) is 4. The lowest BCUT2D eigenvalue weighted by Gasteiger charge is -2.38. The minimum Gasteiger partial charge on any atom is -0.494 e. The third-order valence-corrected chi connectivity index (χ3v) is 8.96. The summed E-state index contributed by atoms with van der Waals surface area (Å²) < 4.78 is 39.5. The fraction of sp³-hybridized carbons (Fsp3) is 0.697. The summed E-state index contributed by atoms with van der Waals surface area (Å²) in [6.45, 7) is 12.2. The number of piperidine rings is 1. The first-order valence-electron chi connectivity index (χ1n) is 16.1. The summed E-state index contributed by atoms with van der Waals surface area (Å²) >= 11 is 0. The number of ether oxygens (including phenoxy) is 2. The predicted molar refractivity (Wildman–Crippen MR) is 167 cm³/mol. The van der Waals surface area contributed by atoms with Crippen LogP contribution in [-0.2, 0) is 22.5 Å². The SMILES string of the molecule is CC(C)C(=[N-])NC(=O)N1CCC([C@H](C)CCOc2ccc3c(c2)CN(C(=O)OC(C)(C)C)[C@H](C(=O)N2CCC(F)(F)C2)C3)CC1. The zero-order chi connectivity index (χ0) is 33.1. The van der Waals surface area contributed by atoms with Crippen LogP contribution in [0.3, 0.4) is 0 Å². The maximum Gasteiger partial charge on any atom is 0.411 e. The van der Waals surface area contributed by atoms with E-state index in [2.05, 4.69) is 12.2 Å². The number of amides is 4. The van der Waals surface area contributed by atoms with E-state index in [0.717, 1.165) is 35.3 Å². The van der Waals surface area contributed by atoms with Crippen molar-refractivity contribution in [3.8, 4) is 5.75 Å². The molecule has 4 rings (SSSR count). The van der Waals surface area contributed by atoms with Crippen molar-refractivity contribution >= 4 is 23.9 Å². The third-order valence-electron chi connectivity index (χ3n) is 8.96. The van der Waals surface area contributed by atoms with E-state index < -0.39 is 36.1 Å². The Balaban J connectivity index is 1.33. The van der Waals surface area contributed by atoms with Crippen molar-refractivity contribution in [3.63, 3.8) is 0 Å². The summed E-state index contributed by atoms with van der Waals surface area (Å²) in [5.41, 5.74) is 0.912. The Morgan fingerprint density at radius 1 is 1.07 bits per heavy atom. The predicted octanol–water partition coefficient (Wildman–Crippen LogP) is 5.67. The molecular formula is C33H48F2N5O5-. The minimum absolute atomic E-state index is 0.0184. The van der Waals surface area contributed by atoms with Crippen LogP contribution in [0.25, 0.3) is 5.41 Å². The van der Waals surface area contributed by atoms with E-state index >= 15 is 0 Å². The van der Waals surface area contributed by atoms with Gasteiger partial charge in [-0.2, -0.15) is 0 Å². The number of hydrogen-bond acceptors (Lipinski definition) is 5. The summed E-state index contributed by atoms with van der Waals surface area (Å²) in [6, 6.07) is 4.42. The molecule has 0 aliphatic carbocycles. The molecule has 45 heavy (non-hydrogen) atoms. The van der Waals surface area contributed by atoms with E-state index in [9.17, 15) is 28.6 Å². The van der Waals surface area contributed by atoms with Gasteiger partial charge in [0.15, 0.2) is 0 Å². The van der Waals surface area contributed by atoms with Crippen LogP contribution in [0.5, 0.6) is 5.75 Å². The summed E-state index contributed by atoms with van der Waals surface area (Å²) in [5, 5.41) is 12.4. The molecule has 1 aromatic carbocycles. The normalized spacial score (nSPS) is 20.9. The summed E-state index contributed by atoms with van der Waals surface area (Å²) in [5.74, 6) is -2.07. The molecule has 3 aliphatic heterocycles. The molecule has 0 aromatic heterocycles. The van der Waals surface area contributed by atoms with Crippen molar-refractivity contribution in [2.24, 2.45) is 17.8 Å². The molecule has 0 unspecified atom stereocenters. The summed E-state index contributed by atoms with van der Waals surface area (Å²) in [7, 11) is 0. The Hall–Kier alpha value is -3.44. The number of alkyl halides is 2. The molecule has 0 spiro atoms. The lowest BCUT2D eigenvalue weighted by Crippen LogP contribution is -2.54. The Morgan fingerprint density at radius 3 is 2.36 bits per heavy atom. The fourth-order valence-corrected chi connectivity index (χ4v) is 6.12. The Labute approximate surface area is 265 Å². The maximum atomic E-state index is 13.9. The van der Waals surface area contributed by atoms with Gasteiger partial charge in [0.05, 0.1) is 19.7 Å². The number of benzene rings is 1. The molecule has 1 aromatic rings. The smallest absolute Gasteiger partial charge is 0.411 e. The van der Waals surface area contributed by atoms with Gasteiger partial charge < -0.3 is 30.0 Å². The van der Waals surface area contributed by atoms with Gasteiger partial charge in [-0.15, -0.1) is 0 Å². The van der Waals surface area contributed by atoms with Crippen LogP contribution in [0.1, 0.15) is 78.4 Å². The largest absolute Gasteiger partial charge is 0.494 e. The first-order valence-corrected chi connectivity index (χ1v) is 16.1. The lowest BCUT2D eigenvalue weighted by atomic mass is 9.84. The third kappa shape index (κ3) is 9.07. The monoisotopic (exact) mass is 632 g/mol. The number of carbonyl (C=O) groups excluding carboxylic acids is 3. The standard InChI is InChI=1S/C33H48F2N5O5/c1-21(2)28(36)37-30(42)38-13-9-23(10-14-38)22(3)11-16-44-26-8-7-24-18-27(29(41)39-15-12-33(34,35)20-39)40(19-25(24)17-26)31(43)45-32(4,5)6/h7-8,17,21-23,27H,9-16,18-20H2,1-6H3,(H-,36,37,42)/q-1/t22-,27+/m1/s1. The van der Waals surface area contributed by atoms with Crippen LogP contribution in [0.4, 0.5) is 18.4 Å². The average Bonchev–Trinajstić information content (AvgIpc) is 3.34. The van der Waals surface area contributed by atoms with Crippen LogP contribution in [0.15, 0.2) is 18.2 Å². The topological polar surface area (TPSA) is 114 Å². The van der Waals surface area contributed by atoms with Crippen LogP contribution >= 0.6 is 0 Å². The number of urea groups is 1. The van der Waals surface area contributed by atoms with Crippen molar-refractivity contribution in [1.82, 2.24) is 20.0 Å². The molecule has 0 saturated carbocycles. The van der Waals surface area contributed by atoms with E-state index in [4.69, 9.17) is 9.47 Å². The number of halogens is 2. The first-order chi connectivity index (χ1) is 21.0. The van der Waals surface area contributed by atoms with Gasteiger partial charge in [0, 0.05) is 32.5 Å². The van der Waals surface area contributed by atoms with Gasteiger partial charge in [-0.1, -0.05) is 32.7 Å². The first kappa shape index (κ1) is 34.4. The molecule has 12 heteroatoms. The van der Waals surface area contributed by atoms with Crippen LogP contribution in [0.2, 0.25) is 0 Å². The molecule has 0 bridgehead atoms. The number of rotatable bonds is 7. The van der Waals surface area contributed by atoms with Crippen molar-refractivity contribution in [1.29, 1.82) is 0 Å². The highest BCUT2D eigenvalue weighted by Gasteiger charge is 2.45. The number of amidine groups is 1. The van der Waals surface area contributed by atoms with Crippen molar-refractivity contribution < 1.29 is 32.6 Å². The number of carbonyl (C=O) groups is 3. The molecule has 4 amide bonds.